The van der Waals surface area contributed by atoms with Crippen molar-refractivity contribution in [3.63, 3.8) is 0 Å². The topological polar surface area (TPSA) is 161 Å². The van der Waals surface area contributed by atoms with Crippen molar-refractivity contribution in [2.45, 2.75) is 117 Å². The Kier molecular flexibility index (Phi) is 15.1. The molecule has 0 heterocycles. The Labute approximate surface area is 236 Å². The number of hydrogen-bond acceptors (Lipinski definition) is 10. The van der Waals surface area contributed by atoms with E-state index in [1.165, 1.54) is 18.2 Å². The summed E-state index contributed by atoms with van der Waals surface area (Å²) in [6.45, 7) is 12.6. The summed E-state index contributed by atoms with van der Waals surface area (Å²) in [5.74, 6) is -3.41. The minimum atomic E-state index is -1.39. The van der Waals surface area contributed by atoms with Gasteiger partial charge in [0.2, 0.25) is 0 Å². The highest BCUT2D eigenvalue weighted by Crippen LogP contribution is 2.37. The fourth-order valence-corrected chi connectivity index (χ4v) is 4.24. The first-order valence-electron chi connectivity index (χ1n) is 13.9. The lowest BCUT2D eigenvalue weighted by molar-refractivity contribution is -0.151. The lowest BCUT2D eigenvalue weighted by atomic mass is 9.79. The molecule has 0 aliphatic heterocycles. The van der Waals surface area contributed by atoms with Gasteiger partial charge in [-0.1, -0.05) is 46.6 Å². The Balaban J connectivity index is 3.43. The van der Waals surface area contributed by atoms with Crippen LogP contribution in [0.25, 0.3) is 0 Å². The van der Waals surface area contributed by atoms with Crippen molar-refractivity contribution < 1.29 is 48.0 Å². The second kappa shape index (κ2) is 17.4. The molecule has 11 nitrogen and oxygen atoms in total. The SMILES string of the molecule is CCCC(=O)OC(C)C(C)C(c1ccc(OC(=O)OC(C)CCC)c(OC(=O)OC(C)CCC)c1)[C@H](N)C(=O)O. The molecular formula is C29H45NO10. The molecule has 226 valence electrons. The maximum absolute atomic E-state index is 12.6. The number of hydrogen-bond donors (Lipinski definition) is 2. The van der Waals surface area contributed by atoms with Crippen molar-refractivity contribution in [3.05, 3.63) is 23.8 Å². The van der Waals surface area contributed by atoms with Crippen molar-refractivity contribution >= 4 is 24.2 Å². The lowest BCUT2D eigenvalue weighted by Crippen LogP contribution is -2.42. The van der Waals surface area contributed by atoms with Crippen LogP contribution in [0.2, 0.25) is 0 Å². The second-order valence-electron chi connectivity index (χ2n) is 10.0. The summed E-state index contributed by atoms with van der Waals surface area (Å²) in [5, 5.41) is 9.75. The van der Waals surface area contributed by atoms with Gasteiger partial charge in [-0.2, -0.15) is 0 Å². The number of aliphatic carboxylic acids is 1. The lowest BCUT2D eigenvalue weighted by Gasteiger charge is -2.31. The van der Waals surface area contributed by atoms with Crippen LogP contribution in [0, 0.1) is 5.92 Å². The first kappa shape index (κ1) is 34.7. The minimum Gasteiger partial charge on any atom is -0.480 e. The van der Waals surface area contributed by atoms with Crippen LogP contribution in [-0.2, 0) is 23.8 Å². The molecule has 11 heteroatoms. The Bertz CT molecular complexity index is 982. The summed E-state index contributed by atoms with van der Waals surface area (Å²) in [7, 11) is 0. The van der Waals surface area contributed by atoms with Crippen molar-refractivity contribution in [1.29, 1.82) is 0 Å². The maximum atomic E-state index is 12.6. The van der Waals surface area contributed by atoms with Gasteiger partial charge in [0.1, 0.15) is 24.4 Å². The van der Waals surface area contributed by atoms with Gasteiger partial charge in [0, 0.05) is 18.3 Å². The number of nitrogens with two attached hydrogens (primary N) is 1. The third-order valence-electron chi connectivity index (χ3n) is 6.47. The largest absolute Gasteiger partial charge is 0.514 e. The van der Waals surface area contributed by atoms with Crippen molar-refractivity contribution in [3.8, 4) is 11.5 Å². The zero-order valence-corrected chi connectivity index (χ0v) is 24.6. The molecule has 5 unspecified atom stereocenters. The molecule has 6 atom stereocenters. The van der Waals surface area contributed by atoms with Crippen molar-refractivity contribution in [2.75, 3.05) is 0 Å². The molecule has 1 aromatic carbocycles. The smallest absolute Gasteiger partial charge is 0.480 e. The number of esters is 1. The van der Waals surface area contributed by atoms with Crippen molar-refractivity contribution in [2.24, 2.45) is 11.7 Å². The number of carbonyl (C=O) groups is 4. The highest BCUT2D eigenvalue weighted by atomic mass is 16.7. The quantitative estimate of drug-likeness (QED) is 0.138. The molecule has 1 aromatic rings. The molecule has 0 aromatic heterocycles. The molecule has 0 saturated heterocycles. The molecule has 0 radical (unpaired) electrons. The first-order valence-corrected chi connectivity index (χ1v) is 13.9. The zero-order chi connectivity index (χ0) is 30.4. The average Bonchev–Trinajstić information content (AvgIpc) is 2.85. The molecule has 1 rings (SSSR count). The standard InChI is InChI=1S/C29H45NO10/c1-8-11-17(4)36-28(34)39-22-15-14-21(16-23(22)40-29(35)37-18(5)12-9-2)25(26(30)27(32)33)19(6)20(7)38-24(31)13-10-3/h14-20,25-26H,8-13,30H2,1-7H3,(H,32,33)/t17?,18?,19?,20?,25?,26-/m0/s1. The molecule has 0 bridgehead atoms. The number of carboxylic acid groups (broad SMARTS) is 1. The number of benzene rings is 1. The highest BCUT2D eigenvalue weighted by Gasteiger charge is 2.36. The maximum Gasteiger partial charge on any atom is 0.514 e. The molecule has 0 aliphatic carbocycles. The van der Waals surface area contributed by atoms with Gasteiger partial charge in [0.15, 0.2) is 11.5 Å². The predicted molar refractivity (Wildman–Crippen MR) is 147 cm³/mol. The molecule has 0 saturated carbocycles. The van der Waals surface area contributed by atoms with Crippen LogP contribution in [0.5, 0.6) is 11.5 Å². The van der Waals surface area contributed by atoms with Gasteiger partial charge in [-0.25, -0.2) is 9.59 Å². The molecular weight excluding hydrogens is 522 g/mol. The van der Waals surface area contributed by atoms with Gasteiger partial charge in [0.25, 0.3) is 0 Å². The van der Waals surface area contributed by atoms with Gasteiger partial charge >= 0.3 is 24.2 Å². The zero-order valence-electron chi connectivity index (χ0n) is 24.6. The van der Waals surface area contributed by atoms with E-state index in [0.29, 0.717) is 24.8 Å². The number of carbonyl (C=O) groups excluding carboxylic acids is 3. The van der Waals surface area contributed by atoms with Gasteiger partial charge < -0.3 is 34.5 Å². The summed E-state index contributed by atoms with van der Waals surface area (Å²) in [6, 6.07) is 2.86. The summed E-state index contributed by atoms with van der Waals surface area (Å²) in [4.78, 5) is 49.0. The summed E-state index contributed by atoms with van der Waals surface area (Å²) in [5.41, 5.74) is 6.46. The van der Waals surface area contributed by atoms with E-state index in [1.54, 1.807) is 27.7 Å². The van der Waals surface area contributed by atoms with Crippen LogP contribution in [0.4, 0.5) is 9.59 Å². The van der Waals surface area contributed by atoms with Crippen LogP contribution in [0.3, 0.4) is 0 Å². The van der Waals surface area contributed by atoms with E-state index in [-0.39, 0.29) is 17.9 Å². The summed E-state index contributed by atoms with van der Waals surface area (Å²) >= 11 is 0. The molecule has 0 aliphatic rings. The fourth-order valence-electron chi connectivity index (χ4n) is 4.24. The molecule has 40 heavy (non-hydrogen) atoms. The van der Waals surface area contributed by atoms with Gasteiger partial charge in [-0.05, 0) is 57.7 Å². The Morgan fingerprint density at radius 1 is 0.800 bits per heavy atom. The molecule has 3 N–H and O–H groups in total. The van der Waals surface area contributed by atoms with Gasteiger partial charge in [-0.3, -0.25) is 9.59 Å². The predicted octanol–water partition coefficient (Wildman–Crippen LogP) is 5.96. The van der Waals surface area contributed by atoms with Crippen LogP contribution in [0.1, 0.15) is 98.5 Å². The Hall–Kier alpha value is -3.34. The van der Waals surface area contributed by atoms with E-state index >= 15 is 0 Å². The van der Waals surface area contributed by atoms with E-state index in [9.17, 15) is 24.3 Å². The van der Waals surface area contributed by atoms with E-state index in [1.807, 2.05) is 20.8 Å². The first-order chi connectivity index (χ1) is 18.8. The van der Waals surface area contributed by atoms with Crippen LogP contribution < -0.4 is 15.2 Å². The van der Waals surface area contributed by atoms with Gasteiger partial charge in [0.05, 0.1) is 0 Å². The van der Waals surface area contributed by atoms with Crippen LogP contribution in [-0.4, -0.2) is 53.7 Å². The van der Waals surface area contributed by atoms with Crippen LogP contribution in [0.15, 0.2) is 18.2 Å². The molecule has 0 amide bonds. The average molecular weight is 568 g/mol. The Morgan fingerprint density at radius 3 is 1.80 bits per heavy atom. The molecule has 0 spiro atoms. The summed E-state index contributed by atoms with van der Waals surface area (Å²) in [6.07, 6.45) is 0.157. The fraction of sp³-hybridized carbons (Fsp3) is 0.655. The third kappa shape index (κ3) is 11.4. The third-order valence-corrected chi connectivity index (χ3v) is 6.47. The van der Waals surface area contributed by atoms with Crippen LogP contribution >= 0.6 is 0 Å². The van der Waals surface area contributed by atoms with E-state index < -0.39 is 60.4 Å². The number of carboxylic acids is 1. The normalized spacial score (nSPS) is 15.5. The van der Waals surface area contributed by atoms with E-state index in [4.69, 9.17) is 29.4 Å². The minimum absolute atomic E-state index is 0.129. The van der Waals surface area contributed by atoms with E-state index in [0.717, 1.165) is 12.8 Å². The Morgan fingerprint density at radius 2 is 1.32 bits per heavy atom. The second-order valence-corrected chi connectivity index (χ2v) is 10.0. The highest BCUT2D eigenvalue weighted by molar-refractivity contribution is 5.75. The van der Waals surface area contributed by atoms with Gasteiger partial charge in [-0.15, -0.1) is 0 Å². The molecule has 0 fully saturated rings. The number of rotatable bonds is 16. The summed E-state index contributed by atoms with van der Waals surface area (Å²) < 4.78 is 26.8. The van der Waals surface area contributed by atoms with Crippen molar-refractivity contribution in [1.82, 2.24) is 0 Å². The monoisotopic (exact) mass is 567 g/mol. The number of ether oxygens (including phenoxy) is 5. The van der Waals surface area contributed by atoms with E-state index in [2.05, 4.69) is 0 Å².